The van der Waals surface area contributed by atoms with Gasteiger partial charge in [0, 0.05) is 12.6 Å². The molecular weight excluding hydrogens is 509 g/mol. The molecule has 2 unspecified atom stereocenters. The lowest BCUT2D eigenvalue weighted by Gasteiger charge is -2.33. The van der Waals surface area contributed by atoms with Gasteiger partial charge in [-0.05, 0) is 44.4 Å². The molecule has 0 heterocycles. The third-order valence-electron chi connectivity index (χ3n) is 5.70. The highest BCUT2D eigenvalue weighted by Crippen LogP contribution is 2.33. The second kappa shape index (κ2) is 12.6. The van der Waals surface area contributed by atoms with Crippen LogP contribution in [0.2, 0.25) is 10.0 Å². The number of rotatable bonds is 11. The molecule has 0 spiro atoms. The molecule has 35 heavy (non-hydrogen) atoms. The Kier molecular flexibility index (Phi) is 10.4. The van der Waals surface area contributed by atoms with Gasteiger partial charge in [0.2, 0.25) is 21.8 Å². The van der Waals surface area contributed by atoms with Gasteiger partial charge in [-0.2, -0.15) is 0 Å². The summed E-state index contributed by atoms with van der Waals surface area (Å²) in [5.74, 6) is -0.811. The highest BCUT2D eigenvalue weighted by Gasteiger charge is 2.32. The van der Waals surface area contributed by atoms with Crippen molar-refractivity contribution in [3.05, 3.63) is 63.6 Å². The average molecular weight is 543 g/mol. The fraction of sp³-hybridized carbons (Fsp3) is 0.440. The Hall–Kier alpha value is -2.29. The molecule has 0 aliphatic heterocycles. The number of hydrogen-bond acceptors (Lipinski definition) is 4. The van der Waals surface area contributed by atoms with E-state index in [9.17, 15) is 18.0 Å². The van der Waals surface area contributed by atoms with E-state index in [1.54, 1.807) is 6.07 Å². The van der Waals surface area contributed by atoms with Crippen molar-refractivity contribution in [3.63, 3.8) is 0 Å². The second-order valence-electron chi connectivity index (χ2n) is 8.60. The van der Waals surface area contributed by atoms with Gasteiger partial charge in [-0.25, -0.2) is 8.42 Å². The fourth-order valence-corrected chi connectivity index (χ4v) is 4.95. The third kappa shape index (κ3) is 7.85. The minimum absolute atomic E-state index is 0.0270. The molecule has 0 bridgehead atoms. The third-order valence-corrected chi connectivity index (χ3v) is 7.64. The Balaban J connectivity index is 2.49. The van der Waals surface area contributed by atoms with Crippen molar-refractivity contribution in [2.75, 3.05) is 17.1 Å². The van der Waals surface area contributed by atoms with Crippen molar-refractivity contribution in [1.29, 1.82) is 0 Å². The first kappa shape index (κ1) is 28.9. The number of nitrogens with one attached hydrogen (secondary N) is 1. The van der Waals surface area contributed by atoms with E-state index >= 15 is 0 Å². The van der Waals surface area contributed by atoms with Crippen molar-refractivity contribution < 1.29 is 18.0 Å². The minimum Gasteiger partial charge on any atom is -0.352 e. The van der Waals surface area contributed by atoms with Gasteiger partial charge >= 0.3 is 0 Å². The minimum atomic E-state index is -3.90. The van der Waals surface area contributed by atoms with E-state index < -0.39 is 28.5 Å². The zero-order chi connectivity index (χ0) is 26.3. The van der Waals surface area contributed by atoms with Gasteiger partial charge in [0.15, 0.2) is 0 Å². The van der Waals surface area contributed by atoms with Crippen molar-refractivity contribution in [1.82, 2.24) is 10.2 Å². The Labute approximate surface area is 218 Å². The Morgan fingerprint density at radius 2 is 1.71 bits per heavy atom. The molecule has 0 aliphatic carbocycles. The van der Waals surface area contributed by atoms with Crippen molar-refractivity contribution in [2.24, 2.45) is 0 Å². The lowest BCUT2D eigenvalue weighted by Crippen LogP contribution is -2.53. The van der Waals surface area contributed by atoms with Crippen LogP contribution < -0.4 is 9.62 Å². The summed E-state index contributed by atoms with van der Waals surface area (Å²) in [4.78, 5) is 28.2. The first-order valence-corrected chi connectivity index (χ1v) is 14.1. The number of carbonyl (C=O) groups excluding carboxylic acids is 2. The summed E-state index contributed by atoms with van der Waals surface area (Å²) in [7, 11) is -3.90. The smallest absolute Gasteiger partial charge is 0.244 e. The summed E-state index contributed by atoms with van der Waals surface area (Å²) in [5.41, 5.74) is 1.94. The number of hydrogen-bond donors (Lipinski definition) is 1. The molecule has 0 aliphatic rings. The highest BCUT2D eigenvalue weighted by atomic mass is 35.5. The van der Waals surface area contributed by atoms with Crippen LogP contribution in [0.15, 0.2) is 42.5 Å². The molecule has 0 fully saturated rings. The number of anilines is 1. The predicted molar refractivity (Wildman–Crippen MR) is 142 cm³/mol. The molecule has 0 aromatic heterocycles. The molecule has 0 radical (unpaired) electrons. The lowest BCUT2D eigenvalue weighted by molar-refractivity contribution is -0.140. The summed E-state index contributed by atoms with van der Waals surface area (Å²) >= 11 is 12.4. The van der Waals surface area contributed by atoms with E-state index in [1.165, 1.54) is 17.0 Å². The van der Waals surface area contributed by atoms with Crippen LogP contribution in [0.5, 0.6) is 0 Å². The van der Waals surface area contributed by atoms with E-state index in [0.29, 0.717) is 6.42 Å². The standard InChI is InChI=1S/C25H33Cl2N3O4S/c1-6-18(4)28-25(32)21(7-2)29(15-19-11-8-10-17(3)14-19)23(31)16-30(35(5,33)34)22-13-9-12-20(26)24(22)27/h8-14,18,21H,6-7,15-16H2,1-5H3,(H,28,32). The maximum Gasteiger partial charge on any atom is 0.244 e. The van der Waals surface area contributed by atoms with E-state index in [4.69, 9.17) is 23.2 Å². The number of nitrogens with zero attached hydrogens (tertiary/aromatic N) is 2. The van der Waals surface area contributed by atoms with Gasteiger partial charge < -0.3 is 10.2 Å². The molecular formula is C25H33Cl2N3O4S. The van der Waals surface area contributed by atoms with Crippen LogP contribution in [0.4, 0.5) is 5.69 Å². The summed E-state index contributed by atoms with van der Waals surface area (Å²) < 4.78 is 26.3. The van der Waals surface area contributed by atoms with Gasteiger partial charge in [-0.1, -0.05) is 72.9 Å². The molecule has 192 valence electrons. The first-order chi connectivity index (χ1) is 16.4. The molecule has 2 atom stereocenters. The highest BCUT2D eigenvalue weighted by molar-refractivity contribution is 7.92. The van der Waals surface area contributed by atoms with Gasteiger partial charge in [-0.15, -0.1) is 0 Å². The van der Waals surface area contributed by atoms with E-state index in [1.807, 2.05) is 52.0 Å². The van der Waals surface area contributed by atoms with Crippen LogP contribution in [0, 0.1) is 6.92 Å². The zero-order valence-corrected chi connectivity index (χ0v) is 23.0. The monoisotopic (exact) mass is 541 g/mol. The number of aryl methyl sites for hydroxylation is 1. The fourth-order valence-electron chi connectivity index (χ4n) is 3.65. The quantitative estimate of drug-likeness (QED) is 0.443. The largest absolute Gasteiger partial charge is 0.352 e. The van der Waals surface area contributed by atoms with Crippen LogP contribution in [0.1, 0.15) is 44.7 Å². The van der Waals surface area contributed by atoms with Gasteiger partial charge in [-0.3, -0.25) is 13.9 Å². The van der Waals surface area contributed by atoms with Crippen LogP contribution in [0.3, 0.4) is 0 Å². The molecule has 0 saturated heterocycles. The second-order valence-corrected chi connectivity index (χ2v) is 11.3. The van der Waals surface area contributed by atoms with Crippen LogP contribution in [-0.2, 0) is 26.2 Å². The van der Waals surface area contributed by atoms with Crippen LogP contribution in [-0.4, -0.2) is 50.0 Å². The number of carbonyl (C=O) groups is 2. The van der Waals surface area contributed by atoms with E-state index in [0.717, 1.165) is 28.1 Å². The Morgan fingerprint density at radius 3 is 2.29 bits per heavy atom. The molecule has 2 amide bonds. The number of amides is 2. The summed E-state index contributed by atoms with van der Waals surface area (Å²) in [6.45, 7) is 7.23. The van der Waals surface area contributed by atoms with Gasteiger partial charge in [0.05, 0.1) is 22.0 Å². The molecule has 7 nitrogen and oxygen atoms in total. The molecule has 2 aromatic carbocycles. The van der Waals surface area contributed by atoms with E-state index in [2.05, 4.69) is 5.32 Å². The SMILES string of the molecule is CCC(C)NC(=O)C(CC)N(Cc1cccc(C)c1)C(=O)CN(c1cccc(Cl)c1Cl)S(C)(=O)=O. The molecule has 0 saturated carbocycles. The normalized spacial score (nSPS) is 13.1. The van der Waals surface area contributed by atoms with Gasteiger partial charge in [0.1, 0.15) is 12.6 Å². The van der Waals surface area contributed by atoms with Gasteiger partial charge in [0.25, 0.3) is 0 Å². The topological polar surface area (TPSA) is 86.8 Å². The Morgan fingerprint density at radius 1 is 1.06 bits per heavy atom. The summed E-state index contributed by atoms with van der Waals surface area (Å²) in [5, 5.41) is 3.14. The molecule has 2 aromatic rings. The van der Waals surface area contributed by atoms with E-state index in [-0.39, 0.29) is 34.2 Å². The number of benzene rings is 2. The van der Waals surface area contributed by atoms with Crippen LogP contribution in [0.25, 0.3) is 0 Å². The molecule has 10 heteroatoms. The molecule has 1 N–H and O–H groups in total. The average Bonchev–Trinajstić information content (AvgIpc) is 2.78. The maximum atomic E-state index is 13.7. The van der Waals surface area contributed by atoms with Crippen molar-refractivity contribution in [3.8, 4) is 0 Å². The predicted octanol–water partition coefficient (Wildman–Crippen LogP) is 4.79. The zero-order valence-electron chi connectivity index (χ0n) is 20.7. The Bertz CT molecular complexity index is 1160. The van der Waals surface area contributed by atoms with Crippen molar-refractivity contribution in [2.45, 2.75) is 59.2 Å². The lowest BCUT2D eigenvalue weighted by atomic mass is 10.1. The number of halogens is 2. The van der Waals surface area contributed by atoms with Crippen LogP contribution >= 0.6 is 23.2 Å². The summed E-state index contributed by atoms with van der Waals surface area (Å²) in [6, 6.07) is 11.4. The summed E-state index contributed by atoms with van der Waals surface area (Å²) in [6.07, 6.45) is 2.09. The first-order valence-electron chi connectivity index (χ1n) is 11.5. The maximum absolute atomic E-state index is 13.7. The molecule has 2 rings (SSSR count). The van der Waals surface area contributed by atoms with Crippen molar-refractivity contribution >= 4 is 50.7 Å². The number of sulfonamides is 1.